The summed E-state index contributed by atoms with van der Waals surface area (Å²) in [5, 5.41) is 9.01. The van der Waals surface area contributed by atoms with Gasteiger partial charge in [0.2, 0.25) is 0 Å². The van der Waals surface area contributed by atoms with Crippen LogP contribution < -0.4 is 0 Å². The molecule has 3 heteroatoms. The lowest BCUT2D eigenvalue weighted by molar-refractivity contribution is 0.101. The van der Waals surface area contributed by atoms with Crippen LogP contribution in [-0.4, -0.2) is 48.5 Å². The minimum atomic E-state index is 0.356. The molecule has 1 N–H and O–H groups in total. The number of aliphatic hydroxyl groups excluding tert-OH is 1. The van der Waals surface area contributed by atoms with E-state index in [1.54, 1.807) is 0 Å². The Morgan fingerprint density at radius 1 is 1.54 bits per heavy atom. The summed E-state index contributed by atoms with van der Waals surface area (Å²) in [6.45, 7) is 5.47. The Labute approximate surface area is 79.7 Å². The lowest BCUT2D eigenvalue weighted by atomic mass is 10.2. The van der Waals surface area contributed by atoms with E-state index in [4.69, 9.17) is 9.84 Å². The zero-order valence-corrected chi connectivity index (χ0v) is 8.28. The van der Waals surface area contributed by atoms with Crippen LogP contribution in [0.25, 0.3) is 0 Å². The fourth-order valence-corrected chi connectivity index (χ4v) is 2.25. The molecule has 0 aromatic heterocycles. The minimum Gasteiger partial charge on any atom is -0.396 e. The molecule has 0 aromatic carbocycles. The van der Waals surface area contributed by atoms with E-state index in [9.17, 15) is 0 Å². The van der Waals surface area contributed by atoms with Crippen molar-refractivity contribution >= 4 is 0 Å². The second-order valence-electron chi connectivity index (χ2n) is 4.26. The molecule has 0 aromatic rings. The van der Waals surface area contributed by atoms with Gasteiger partial charge in [-0.25, -0.2) is 0 Å². The molecular formula is C10H19NO2. The first-order valence-electron chi connectivity index (χ1n) is 5.27. The summed E-state index contributed by atoms with van der Waals surface area (Å²) in [6.07, 6.45) is 2.32. The molecule has 13 heavy (non-hydrogen) atoms. The number of hydrogen-bond donors (Lipinski definition) is 1. The van der Waals surface area contributed by atoms with Crippen LogP contribution in [0, 0.1) is 5.92 Å². The van der Waals surface area contributed by atoms with E-state index >= 15 is 0 Å². The number of hydrogen-bond acceptors (Lipinski definition) is 3. The highest BCUT2D eigenvalue weighted by Crippen LogP contribution is 2.36. The van der Waals surface area contributed by atoms with E-state index in [1.807, 2.05) is 0 Å². The molecule has 76 valence electrons. The molecule has 0 spiro atoms. The lowest BCUT2D eigenvalue weighted by Crippen LogP contribution is -2.38. The van der Waals surface area contributed by atoms with E-state index in [2.05, 4.69) is 11.8 Å². The largest absolute Gasteiger partial charge is 0.396 e. The summed E-state index contributed by atoms with van der Waals surface area (Å²) in [7, 11) is 0. The first-order valence-corrected chi connectivity index (χ1v) is 5.27. The van der Waals surface area contributed by atoms with Crippen LogP contribution in [0.1, 0.15) is 19.8 Å². The maximum Gasteiger partial charge on any atom is 0.0619 e. The molecule has 0 amide bonds. The summed E-state index contributed by atoms with van der Waals surface area (Å²) >= 11 is 0. The van der Waals surface area contributed by atoms with Crippen molar-refractivity contribution in [3.63, 3.8) is 0 Å². The third-order valence-corrected chi connectivity index (χ3v) is 3.18. The van der Waals surface area contributed by atoms with Crippen LogP contribution in [0.15, 0.2) is 0 Å². The molecule has 0 bridgehead atoms. The van der Waals surface area contributed by atoms with Crippen LogP contribution in [0.2, 0.25) is 0 Å². The normalized spacial score (nSPS) is 41.5. The third-order valence-electron chi connectivity index (χ3n) is 3.18. The van der Waals surface area contributed by atoms with Gasteiger partial charge in [0, 0.05) is 31.8 Å². The average Bonchev–Trinajstić information content (AvgIpc) is 2.88. The van der Waals surface area contributed by atoms with Crippen LogP contribution >= 0.6 is 0 Å². The van der Waals surface area contributed by atoms with E-state index in [-0.39, 0.29) is 0 Å². The number of nitrogens with zero attached hydrogens (tertiary/aromatic N) is 1. The zero-order valence-electron chi connectivity index (χ0n) is 8.28. The molecule has 2 aliphatic rings. The van der Waals surface area contributed by atoms with Gasteiger partial charge in [0.1, 0.15) is 0 Å². The standard InChI is InChI=1S/C10H19NO2/c1-8-7-13-4-2-3-11(8)10-5-9(10)6-12/h8-10,12H,2-7H2,1H3. The Kier molecular flexibility index (Phi) is 2.86. The van der Waals surface area contributed by atoms with Crippen molar-refractivity contribution in [2.45, 2.75) is 31.8 Å². The van der Waals surface area contributed by atoms with Crippen molar-refractivity contribution in [3.05, 3.63) is 0 Å². The molecule has 1 heterocycles. The summed E-state index contributed by atoms with van der Waals surface area (Å²) in [6, 6.07) is 1.17. The minimum absolute atomic E-state index is 0.356. The predicted molar refractivity (Wildman–Crippen MR) is 50.6 cm³/mol. The average molecular weight is 185 g/mol. The Hall–Kier alpha value is -0.120. The highest BCUT2D eigenvalue weighted by molar-refractivity contribution is 4.96. The molecule has 3 unspecified atom stereocenters. The summed E-state index contributed by atoms with van der Waals surface area (Å²) in [5.41, 5.74) is 0. The molecule has 1 aliphatic heterocycles. The highest BCUT2D eigenvalue weighted by Gasteiger charge is 2.42. The fourth-order valence-electron chi connectivity index (χ4n) is 2.25. The Morgan fingerprint density at radius 2 is 2.38 bits per heavy atom. The summed E-state index contributed by atoms with van der Waals surface area (Å²) in [5.74, 6) is 0.542. The Bertz CT molecular complexity index is 174. The molecule has 1 aliphatic carbocycles. The first kappa shape index (κ1) is 9.44. The van der Waals surface area contributed by atoms with E-state index in [0.29, 0.717) is 24.6 Å². The van der Waals surface area contributed by atoms with Gasteiger partial charge in [0.05, 0.1) is 6.61 Å². The first-order chi connectivity index (χ1) is 6.33. The van der Waals surface area contributed by atoms with Gasteiger partial charge in [0.15, 0.2) is 0 Å². The van der Waals surface area contributed by atoms with E-state index in [0.717, 1.165) is 26.2 Å². The van der Waals surface area contributed by atoms with Crippen molar-refractivity contribution in [2.75, 3.05) is 26.4 Å². The molecular weight excluding hydrogens is 166 g/mol. The van der Waals surface area contributed by atoms with E-state index < -0.39 is 0 Å². The summed E-state index contributed by atoms with van der Waals surface area (Å²) < 4.78 is 5.48. The molecule has 1 saturated heterocycles. The number of rotatable bonds is 2. The third kappa shape index (κ3) is 2.03. The van der Waals surface area contributed by atoms with Crippen molar-refractivity contribution in [3.8, 4) is 0 Å². The molecule has 2 rings (SSSR count). The van der Waals surface area contributed by atoms with E-state index in [1.165, 1.54) is 6.42 Å². The maximum absolute atomic E-state index is 9.01. The monoisotopic (exact) mass is 185 g/mol. The van der Waals surface area contributed by atoms with Gasteiger partial charge in [-0.2, -0.15) is 0 Å². The van der Waals surface area contributed by atoms with Gasteiger partial charge in [-0.1, -0.05) is 0 Å². The van der Waals surface area contributed by atoms with Crippen molar-refractivity contribution < 1.29 is 9.84 Å². The zero-order chi connectivity index (χ0) is 9.26. The van der Waals surface area contributed by atoms with Crippen molar-refractivity contribution in [1.29, 1.82) is 0 Å². The predicted octanol–water partition coefficient (Wildman–Crippen LogP) is 0.478. The molecule has 2 fully saturated rings. The molecule has 1 saturated carbocycles. The Balaban J connectivity index is 1.89. The highest BCUT2D eigenvalue weighted by atomic mass is 16.5. The Morgan fingerprint density at radius 3 is 3.08 bits per heavy atom. The quantitative estimate of drug-likeness (QED) is 0.679. The van der Waals surface area contributed by atoms with Gasteiger partial charge >= 0.3 is 0 Å². The molecule has 3 atom stereocenters. The SMILES string of the molecule is CC1COCCCN1C1CC1CO. The van der Waals surface area contributed by atoms with Crippen molar-refractivity contribution in [1.82, 2.24) is 4.90 Å². The van der Waals surface area contributed by atoms with Crippen molar-refractivity contribution in [2.24, 2.45) is 5.92 Å². The molecule has 0 radical (unpaired) electrons. The van der Waals surface area contributed by atoms with Gasteiger partial charge in [0.25, 0.3) is 0 Å². The lowest BCUT2D eigenvalue weighted by Gasteiger charge is -2.26. The second-order valence-corrected chi connectivity index (χ2v) is 4.26. The van der Waals surface area contributed by atoms with Gasteiger partial charge < -0.3 is 9.84 Å². The van der Waals surface area contributed by atoms with Crippen LogP contribution in [0.4, 0.5) is 0 Å². The number of ether oxygens (including phenoxy) is 1. The number of aliphatic hydroxyl groups is 1. The maximum atomic E-state index is 9.01. The van der Waals surface area contributed by atoms with Crippen LogP contribution in [0.5, 0.6) is 0 Å². The van der Waals surface area contributed by atoms with Gasteiger partial charge in [-0.05, 0) is 25.7 Å². The van der Waals surface area contributed by atoms with Crippen LogP contribution in [0.3, 0.4) is 0 Å². The summed E-state index contributed by atoms with van der Waals surface area (Å²) in [4.78, 5) is 2.51. The van der Waals surface area contributed by atoms with Gasteiger partial charge in [-0.3, -0.25) is 4.90 Å². The topological polar surface area (TPSA) is 32.7 Å². The smallest absolute Gasteiger partial charge is 0.0619 e. The second kappa shape index (κ2) is 3.95. The molecule has 3 nitrogen and oxygen atoms in total. The van der Waals surface area contributed by atoms with Gasteiger partial charge in [-0.15, -0.1) is 0 Å². The fraction of sp³-hybridized carbons (Fsp3) is 1.00. The van der Waals surface area contributed by atoms with Crippen LogP contribution in [-0.2, 0) is 4.74 Å².